The molecule has 2 saturated heterocycles. The molecule has 2 amide bonds. The lowest BCUT2D eigenvalue weighted by molar-refractivity contribution is -0.120. The molecule has 2 heterocycles. The van der Waals surface area contributed by atoms with Crippen molar-refractivity contribution in [3.8, 4) is 0 Å². The van der Waals surface area contributed by atoms with Gasteiger partial charge in [-0.05, 0) is 64.9 Å². The van der Waals surface area contributed by atoms with Gasteiger partial charge < -0.3 is 34.4 Å². The first-order chi connectivity index (χ1) is 21.7. The SMILES string of the molecule is COC1C(OC(=O)NCCCCCCNC(=O)CNN[C@H](C=O)Cc2ccccc2)CC[C@]2(CO2)C1[C@@]1(C)O[C@@H]1CC=C(C)C. The summed E-state index contributed by atoms with van der Waals surface area (Å²) >= 11 is 0. The fourth-order valence-electron chi connectivity index (χ4n) is 6.60. The van der Waals surface area contributed by atoms with E-state index in [-0.39, 0.29) is 47.9 Å². The zero-order valence-corrected chi connectivity index (χ0v) is 27.3. The monoisotopic (exact) mass is 628 g/mol. The standard InChI is InChI=1S/C34H52N4O7/c1-24(2)14-15-28-33(3,45-28)31-30(42-4)27(16-17-34(31)23-43-34)44-32(41)36-19-11-6-5-10-18-35-29(40)21-37-38-26(22-39)20-25-12-8-7-9-13-25/h7-9,12-14,22,26-28,30-31,37-38H,5-6,10-11,15-21,23H2,1-4H3,(H,35,40)(H,36,41)/t26-,27?,28+,30?,31?,33-,34-/m0/s1. The average molecular weight is 629 g/mol. The molecular formula is C34H52N4O7. The first-order valence-electron chi connectivity index (χ1n) is 16.4. The number of methoxy groups -OCH3 is 1. The Morgan fingerprint density at radius 3 is 2.44 bits per heavy atom. The molecule has 3 aliphatic rings. The van der Waals surface area contributed by atoms with Gasteiger partial charge in [0.25, 0.3) is 0 Å². The summed E-state index contributed by atoms with van der Waals surface area (Å²) in [5.41, 5.74) is 7.43. The van der Waals surface area contributed by atoms with Gasteiger partial charge in [0.2, 0.25) is 5.91 Å². The van der Waals surface area contributed by atoms with Crippen LogP contribution in [0, 0.1) is 5.92 Å². The van der Waals surface area contributed by atoms with Crippen LogP contribution in [0.5, 0.6) is 0 Å². The minimum Gasteiger partial charge on any atom is -0.443 e. The Hall–Kier alpha value is -2.83. The number of carbonyl (C=O) groups is 3. The first kappa shape index (κ1) is 35.0. The van der Waals surface area contributed by atoms with Gasteiger partial charge in [-0.25, -0.2) is 15.6 Å². The lowest BCUT2D eigenvalue weighted by atomic mass is 9.68. The highest BCUT2D eigenvalue weighted by Gasteiger charge is 2.72. The molecule has 4 N–H and O–H groups in total. The molecule has 0 bridgehead atoms. The molecule has 1 aromatic rings. The number of nitrogens with one attached hydrogen (secondary N) is 4. The lowest BCUT2D eigenvalue weighted by Gasteiger charge is -2.42. The fourth-order valence-corrected chi connectivity index (χ4v) is 6.60. The molecule has 3 unspecified atom stereocenters. The summed E-state index contributed by atoms with van der Waals surface area (Å²) in [6.45, 7) is 8.18. The summed E-state index contributed by atoms with van der Waals surface area (Å²) in [5.74, 6) is -0.141. The van der Waals surface area contributed by atoms with Crippen molar-refractivity contribution in [1.29, 1.82) is 0 Å². The molecule has 0 radical (unpaired) electrons. The van der Waals surface area contributed by atoms with E-state index < -0.39 is 12.1 Å². The Bertz CT molecular complexity index is 1140. The van der Waals surface area contributed by atoms with Crippen LogP contribution in [-0.4, -0.2) is 87.2 Å². The third-order valence-corrected chi connectivity index (χ3v) is 9.19. The van der Waals surface area contributed by atoms with Crippen LogP contribution >= 0.6 is 0 Å². The number of hydrogen-bond acceptors (Lipinski definition) is 9. The van der Waals surface area contributed by atoms with Crippen molar-refractivity contribution in [2.75, 3.05) is 33.4 Å². The predicted octanol–water partition coefficient (Wildman–Crippen LogP) is 3.37. The van der Waals surface area contributed by atoms with Gasteiger partial charge >= 0.3 is 6.09 Å². The molecule has 1 aliphatic carbocycles. The van der Waals surface area contributed by atoms with Gasteiger partial charge in [-0.2, -0.15) is 0 Å². The Morgan fingerprint density at radius 2 is 1.80 bits per heavy atom. The predicted molar refractivity (Wildman–Crippen MR) is 170 cm³/mol. The molecule has 4 rings (SSSR count). The van der Waals surface area contributed by atoms with Crippen molar-refractivity contribution in [3.05, 3.63) is 47.5 Å². The maximum Gasteiger partial charge on any atom is 0.407 e. The number of aldehydes is 1. The number of alkyl carbamates (subject to hydrolysis) is 1. The number of allylic oxidation sites excluding steroid dienone is 1. The van der Waals surface area contributed by atoms with Gasteiger partial charge in [0.1, 0.15) is 29.7 Å². The number of unbranched alkanes of at least 4 members (excludes halogenated alkanes) is 3. The number of epoxide rings is 2. The fraction of sp³-hybridized carbons (Fsp3) is 0.676. The Balaban J connectivity index is 1.05. The number of hydrazine groups is 1. The second-order valence-electron chi connectivity index (χ2n) is 12.9. The number of ether oxygens (including phenoxy) is 4. The highest BCUT2D eigenvalue weighted by Crippen LogP contribution is 2.59. The number of benzene rings is 1. The largest absolute Gasteiger partial charge is 0.443 e. The molecule has 11 nitrogen and oxygen atoms in total. The Kier molecular flexibility index (Phi) is 13.0. The summed E-state index contributed by atoms with van der Waals surface area (Å²) in [5, 5.41) is 5.77. The van der Waals surface area contributed by atoms with Crippen molar-refractivity contribution in [3.63, 3.8) is 0 Å². The summed E-state index contributed by atoms with van der Waals surface area (Å²) in [7, 11) is 1.68. The maximum atomic E-state index is 12.7. The van der Waals surface area contributed by atoms with Crippen molar-refractivity contribution < 1.29 is 33.3 Å². The maximum absolute atomic E-state index is 12.7. The van der Waals surface area contributed by atoms with E-state index in [4.69, 9.17) is 18.9 Å². The molecule has 250 valence electrons. The van der Waals surface area contributed by atoms with Crippen LogP contribution in [0.25, 0.3) is 0 Å². The second-order valence-corrected chi connectivity index (χ2v) is 12.9. The molecule has 7 atom stereocenters. The third kappa shape index (κ3) is 10.1. The highest BCUT2D eigenvalue weighted by atomic mass is 16.6. The summed E-state index contributed by atoms with van der Waals surface area (Å²) in [4.78, 5) is 36.1. The molecule has 0 aromatic heterocycles. The molecular weight excluding hydrogens is 576 g/mol. The van der Waals surface area contributed by atoms with E-state index in [0.717, 1.165) is 50.4 Å². The second kappa shape index (κ2) is 16.6. The van der Waals surface area contributed by atoms with Gasteiger partial charge in [0.05, 0.1) is 31.2 Å². The minimum atomic E-state index is -0.426. The normalized spacial score (nSPS) is 29.0. The zero-order valence-electron chi connectivity index (χ0n) is 27.3. The van der Waals surface area contributed by atoms with E-state index in [0.29, 0.717) is 32.5 Å². The number of rotatable bonds is 19. The van der Waals surface area contributed by atoms with Crippen LogP contribution in [0.15, 0.2) is 42.0 Å². The van der Waals surface area contributed by atoms with E-state index in [9.17, 15) is 14.4 Å². The van der Waals surface area contributed by atoms with E-state index in [1.54, 1.807) is 7.11 Å². The van der Waals surface area contributed by atoms with Crippen molar-refractivity contribution >= 4 is 18.3 Å². The van der Waals surface area contributed by atoms with Crippen LogP contribution in [0.3, 0.4) is 0 Å². The van der Waals surface area contributed by atoms with E-state index in [1.807, 2.05) is 30.3 Å². The first-order valence-corrected chi connectivity index (χ1v) is 16.4. The van der Waals surface area contributed by atoms with Gasteiger partial charge in [-0.1, -0.05) is 54.8 Å². The van der Waals surface area contributed by atoms with Crippen LogP contribution in [0.4, 0.5) is 4.79 Å². The third-order valence-electron chi connectivity index (χ3n) is 9.19. The van der Waals surface area contributed by atoms with Crippen LogP contribution in [0.2, 0.25) is 0 Å². The minimum absolute atomic E-state index is 0.00227. The van der Waals surface area contributed by atoms with Gasteiger partial charge in [-0.15, -0.1) is 0 Å². The molecule has 11 heteroatoms. The molecule has 45 heavy (non-hydrogen) atoms. The number of carbonyl (C=O) groups excluding carboxylic acids is 3. The van der Waals surface area contributed by atoms with Crippen LogP contribution in [-0.2, 0) is 35.0 Å². The van der Waals surface area contributed by atoms with E-state index in [2.05, 4.69) is 48.3 Å². The van der Waals surface area contributed by atoms with E-state index in [1.165, 1.54) is 5.57 Å². The van der Waals surface area contributed by atoms with Crippen LogP contribution in [0.1, 0.15) is 71.3 Å². The van der Waals surface area contributed by atoms with Crippen molar-refractivity contribution in [1.82, 2.24) is 21.5 Å². The zero-order chi connectivity index (χ0) is 32.3. The summed E-state index contributed by atoms with van der Waals surface area (Å²) < 4.78 is 24.1. The van der Waals surface area contributed by atoms with Crippen molar-refractivity contribution in [2.45, 2.75) is 108 Å². The van der Waals surface area contributed by atoms with Gasteiger partial charge in [0, 0.05) is 20.2 Å². The Morgan fingerprint density at radius 1 is 1.09 bits per heavy atom. The van der Waals surface area contributed by atoms with Crippen molar-refractivity contribution in [2.24, 2.45) is 5.92 Å². The topological polar surface area (TPSA) is 143 Å². The number of hydrogen-bond donors (Lipinski definition) is 4. The Labute approximate surface area is 267 Å². The quantitative estimate of drug-likeness (QED) is 0.0596. The van der Waals surface area contributed by atoms with Gasteiger partial charge in [-0.3, -0.25) is 4.79 Å². The average Bonchev–Trinajstić information content (AvgIpc) is 3.94. The van der Waals surface area contributed by atoms with Gasteiger partial charge in [0.15, 0.2) is 0 Å². The molecule has 3 fully saturated rings. The molecule has 1 aromatic carbocycles. The molecule has 2 aliphatic heterocycles. The van der Waals surface area contributed by atoms with Crippen LogP contribution < -0.4 is 21.5 Å². The highest BCUT2D eigenvalue weighted by molar-refractivity contribution is 5.77. The lowest BCUT2D eigenvalue weighted by Crippen LogP contribution is -2.56. The van der Waals surface area contributed by atoms with E-state index >= 15 is 0 Å². The summed E-state index contributed by atoms with van der Waals surface area (Å²) in [6.07, 6.45) is 8.49. The number of amides is 2. The smallest absolute Gasteiger partial charge is 0.407 e. The molecule has 1 saturated carbocycles. The molecule has 1 spiro atoms. The summed E-state index contributed by atoms with van der Waals surface area (Å²) in [6, 6.07) is 9.29.